The molecule has 0 heterocycles. The van der Waals surface area contributed by atoms with Crippen molar-refractivity contribution < 1.29 is 9.90 Å². The lowest BCUT2D eigenvalue weighted by Crippen LogP contribution is -2.45. The number of aryl methyl sites for hydroxylation is 1. The van der Waals surface area contributed by atoms with E-state index in [0.29, 0.717) is 6.42 Å². The average Bonchev–Trinajstić information content (AvgIpc) is 2.43. The molecule has 0 aromatic heterocycles. The van der Waals surface area contributed by atoms with Crippen LogP contribution in [0.1, 0.15) is 44.1 Å². The Kier molecular flexibility index (Phi) is 5.40. The lowest BCUT2D eigenvalue weighted by Gasteiger charge is -2.28. The Hall–Kier alpha value is -1.35. The normalized spacial score (nSPS) is 23.0. The standard InChI is InChI=1S/C16H23NO2/c18-15-11-5-4-10-14(15)17-16(19)12-6-9-13-7-2-1-3-8-13/h1-3,7-8,14-15,18H,4-6,9-12H2,(H,17,19)/t14-,15-/m0/s1. The zero-order valence-corrected chi connectivity index (χ0v) is 11.3. The number of amides is 1. The number of hydrogen-bond acceptors (Lipinski definition) is 2. The van der Waals surface area contributed by atoms with Gasteiger partial charge in [-0.15, -0.1) is 0 Å². The first-order chi connectivity index (χ1) is 9.25. The van der Waals surface area contributed by atoms with Gasteiger partial charge in [-0.2, -0.15) is 0 Å². The molecule has 2 rings (SSSR count). The van der Waals surface area contributed by atoms with Crippen molar-refractivity contribution in [1.29, 1.82) is 0 Å². The van der Waals surface area contributed by atoms with Gasteiger partial charge >= 0.3 is 0 Å². The van der Waals surface area contributed by atoms with Crippen LogP contribution in [0.2, 0.25) is 0 Å². The molecule has 19 heavy (non-hydrogen) atoms. The van der Waals surface area contributed by atoms with Gasteiger partial charge in [0.1, 0.15) is 0 Å². The van der Waals surface area contributed by atoms with Crippen molar-refractivity contribution in [2.24, 2.45) is 0 Å². The largest absolute Gasteiger partial charge is 0.391 e. The lowest BCUT2D eigenvalue weighted by atomic mass is 9.92. The third-order valence-electron chi connectivity index (χ3n) is 3.79. The maximum atomic E-state index is 11.8. The van der Waals surface area contributed by atoms with E-state index in [0.717, 1.165) is 38.5 Å². The molecule has 2 N–H and O–H groups in total. The van der Waals surface area contributed by atoms with Crippen LogP contribution in [0.4, 0.5) is 0 Å². The third-order valence-corrected chi connectivity index (χ3v) is 3.79. The predicted octanol–water partition coefficient (Wildman–Crippen LogP) is 2.43. The summed E-state index contributed by atoms with van der Waals surface area (Å²) in [5.74, 6) is 0.0712. The fourth-order valence-corrected chi connectivity index (χ4v) is 2.66. The minimum absolute atomic E-state index is 0.0297. The molecular weight excluding hydrogens is 238 g/mol. The molecule has 1 aromatic carbocycles. The first-order valence-electron chi connectivity index (χ1n) is 7.27. The molecule has 0 saturated heterocycles. The maximum Gasteiger partial charge on any atom is 0.220 e. The van der Waals surface area contributed by atoms with Crippen LogP contribution < -0.4 is 5.32 Å². The van der Waals surface area contributed by atoms with E-state index in [-0.39, 0.29) is 18.1 Å². The van der Waals surface area contributed by atoms with E-state index in [4.69, 9.17) is 0 Å². The average molecular weight is 261 g/mol. The number of hydrogen-bond donors (Lipinski definition) is 2. The van der Waals surface area contributed by atoms with Crippen LogP contribution in [0, 0.1) is 0 Å². The van der Waals surface area contributed by atoms with Gasteiger partial charge in [0, 0.05) is 6.42 Å². The van der Waals surface area contributed by atoms with Gasteiger partial charge in [0.05, 0.1) is 12.1 Å². The van der Waals surface area contributed by atoms with E-state index in [1.165, 1.54) is 5.56 Å². The van der Waals surface area contributed by atoms with Crippen molar-refractivity contribution in [2.45, 2.75) is 57.1 Å². The maximum absolute atomic E-state index is 11.8. The summed E-state index contributed by atoms with van der Waals surface area (Å²) in [6.07, 6.45) is 5.87. The number of aliphatic hydroxyl groups is 1. The number of carbonyl (C=O) groups is 1. The molecule has 0 unspecified atom stereocenters. The summed E-state index contributed by atoms with van der Waals surface area (Å²) in [6.45, 7) is 0. The van der Waals surface area contributed by atoms with Gasteiger partial charge in [-0.05, 0) is 31.2 Å². The van der Waals surface area contributed by atoms with Crippen molar-refractivity contribution in [3.8, 4) is 0 Å². The first-order valence-corrected chi connectivity index (χ1v) is 7.27. The number of aliphatic hydroxyl groups excluding tert-OH is 1. The highest BCUT2D eigenvalue weighted by Gasteiger charge is 2.23. The third kappa shape index (κ3) is 4.67. The molecule has 3 nitrogen and oxygen atoms in total. The Morgan fingerprint density at radius 2 is 1.95 bits per heavy atom. The topological polar surface area (TPSA) is 49.3 Å². The van der Waals surface area contributed by atoms with Gasteiger partial charge < -0.3 is 10.4 Å². The summed E-state index contributed by atoms with van der Waals surface area (Å²) in [4.78, 5) is 11.8. The van der Waals surface area contributed by atoms with Crippen molar-refractivity contribution in [3.63, 3.8) is 0 Å². The molecule has 0 radical (unpaired) electrons. The SMILES string of the molecule is O=C(CCCc1ccccc1)N[C@H]1CCCC[C@@H]1O. The van der Waals surface area contributed by atoms with Crippen molar-refractivity contribution >= 4 is 5.91 Å². The van der Waals surface area contributed by atoms with Crippen LogP contribution in [0.25, 0.3) is 0 Å². The summed E-state index contributed by atoms with van der Waals surface area (Å²) in [7, 11) is 0. The zero-order valence-electron chi connectivity index (χ0n) is 11.3. The molecule has 104 valence electrons. The van der Waals surface area contributed by atoms with Crippen molar-refractivity contribution in [2.75, 3.05) is 0 Å². The Morgan fingerprint density at radius 1 is 1.21 bits per heavy atom. The number of carbonyl (C=O) groups excluding carboxylic acids is 1. The molecule has 1 aliphatic rings. The quantitative estimate of drug-likeness (QED) is 0.855. The van der Waals surface area contributed by atoms with Gasteiger partial charge in [0.25, 0.3) is 0 Å². The van der Waals surface area contributed by atoms with Gasteiger partial charge in [-0.3, -0.25) is 4.79 Å². The van der Waals surface area contributed by atoms with Gasteiger partial charge in [-0.1, -0.05) is 43.2 Å². The Labute approximate surface area is 115 Å². The number of rotatable bonds is 5. The van der Waals surface area contributed by atoms with Crippen LogP contribution >= 0.6 is 0 Å². The lowest BCUT2D eigenvalue weighted by molar-refractivity contribution is -0.123. The highest BCUT2D eigenvalue weighted by Crippen LogP contribution is 2.18. The van der Waals surface area contributed by atoms with Gasteiger partial charge in [0.2, 0.25) is 5.91 Å². The van der Waals surface area contributed by atoms with E-state index < -0.39 is 0 Å². The zero-order chi connectivity index (χ0) is 13.5. The molecular formula is C16H23NO2. The van der Waals surface area contributed by atoms with Gasteiger partial charge in [0.15, 0.2) is 0 Å². The minimum atomic E-state index is -0.355. The summed E-state index contributed by atoms with van der Waals surface area (Å²) < 4.78 is 0. The second-order valence-corrected chi connectivity index (χ2v) is 5.36. The molecule has 3 heteroatoms. The van der Waals surface area contributed by atoms with E-state index in [1.54, 1.807) is 0 Å². The predicted molar refractivity (Wildman–Crippen MR) is 75.8 cm³/mol. The van der Waals surface area contributed by atoms with Gasteiger partial charge in [-0.25, -0.2) is 0 Å². The Bertz CT molecular complexity index is 391. The smallest absolute Gasteiger partial charge is 0.220 e. The molecule has 1 amide bonds. The minimum Gasteiger partial charge on any atom is -0.391 e. The number of benzene rings is 1. The van der Waals surface area contributed by atoms with E-state index >= 15 is 0 Å². The highest BCUT2D eigenvalue weighted by molar-refractivity contribution is 5.76. The molecule has 1 saturated carbocycles. The highest BCUT2D eigenvalue weighted by atomic mass is 16.3. The van der Waals surface area contributed by atoms with E-state index in [1.807, 2.05) is 18.2 Å². The molecule has 1 aromatic rings. The molecule has 1 aliphatic carbocycles. The summed E-state index contributed by atoms with van der Waals surface area (Å²) in [5, 5.41) is 12.8. The summed E-state index contributed by atoms with van der Waals surface area (Å²) >= 11 is 0. The Balaban J connectivity index is 1.67. The fraction of sp³-hybridized carbons (Fsp3) is 0.562. The van der Waals surface area contributed by atoms with E-state index in [2.05, 4.69) is 17.4 Å². The summed E-state index contributed by atoms with van der Waals surface area (Å²) in [5.41, 5.74) is 1.27. The van der Waals surface area contributed by atoms with Crippen LogP contribution in [0.5, 0.6) is 0 Å². The van der Waals surface area contributed by atoms with Crippen LogP contribution in [0.15, 0.2) is 30.3 Å². The van der Waals surface area contributed by atoms with Crippen LogP contribution in [0.3, 0.4) is 0 Å². The molecule has 0 aliphatic heterocycles. The molecule has 1 fully saturated rings. The second-order valence-electron chi connectivity index (χ2n) is 5.36. The van der Waals surface area contributed by atoms with Crippen molar-refractivity contribution in [3.05, 3.63) is 35.9 Å². The molecule has 2 atom stereocenters. The second kappa shape index (κ2) is 7.29. The fourth-order valence-electron chi connectivity index (χ4n) is 2.66. The Morgan fingerprint density at radius 3 is 2.68 bits per heavy atom. The van der Waals surface area contributed by atoms with Crippen LogP contribution in [-0.4, -0.2) is 23.2 Å². The molecule has 0 spiro atoms. The van der Waals surface area contributed by atoms with E-state index in [9.17, 15) is 9.90 Å². The summed E-state index contributed by atoms with van der Waals surface area (Å²) in [6, 6.07) is 10.2. The monoisotopic (exact) mass is 261 g/mol. The molecule has 0 bridgehead atoms. The first kappa shape index (κ1) is 14.1. The van der Waals surface area contributed by atoms with Crippen LogP contribution in [-0.2, 0) is 11.2 Å². The van der Waals surface area contributed by atoms with Crippen molar-refractivity contribution in [1.82, 2.24) is 5.32 Å². The number of nitrogens with one attached hydrogen (secondary N) is 1.